The third-order valence-electron chi connectivity index (χ3n) is 4.73. The monoisotopic (exact) mass is 394 g/mol. The minimum absolute atomic E-state index is 0.149. The van der Waals surface area contributed by atoms with Crippen molar-refractivity contribution in [1.82, 2.24) is 9.97 Å². The van der Waals surface area contributed by atoms with Gasteiger partial charge in [-0.2, -0.15) is 0 Å². The summed E-state index contributed by atoms with van der Waals surface area (Å²) < 4.78 is 16.1. The summed E-state index contributed by atoms with van der Waals surface area (Å²) >= 11 is 0. The van der Waals surface area contributed by atoms with E-state index in [9.17, 15) is 4.79 Å². The number of carbonyl (C=O) groups excluding carboxylic acids is 1. The van der Waals surface area contributed by atoms with Crippen LogP contribution in [0, 0.1) is 0 Å². The normalized spacial score (nSPS) is 10.7. The average molecular weight is 394 g/mol. The molecule has 0 N–H and O–H groups in total. The van der Waals surface area contributed by atoms with E-state index in [1.165, 1.54) is 7.11 Å². The SMILES string of the molecule is COC(=O)CCCCCCc1nc(-c2ccncc2)c(-c2ccc(OC)cc2)o1. The lowest BCUT2D eigenvalue weighted by atomic mass is 10.1. The van der Waals surface area contributed by atoms with E-state index in [2.05, 4.69) is 9.72 Å². The molecule has 0 atom stereocenters. The van der Waals surface area contributed by atoms with Gasteiger partial charge in [-0.15, -0.1) is 0 Å². The Kier molecular flexibility index (Phi) is 7.39. The van der Waals surface area contributed by atoms with Crippen LogP contribution in [0.3, 0.4) is 0 Å². The quantitative estimate of drug-likeness (QED) is 0.353. The fourth-order valence-corrected chi connectivity index (χ4v) is 3.12. The number of rotatable bonds is 10. The van der Waals surface area contributed by atoms with Gasteiger partial charge in [-0.05, 0) is 49.2 Å². The second-order valence-electron chi connectivity index (χ2n) is 6.74. The van der Waals surface area contributed by atoms with Crippen molar-refractivity contribution in [1.29, 1.82) is 0 Å². The van der Waals surface area contributed by atoms with E-state index in [1.807, 2.05) is 36.4 Å². The van der Waals surface area contributed by atoms with Crippen LogP contribution >= 0.6 is 0 Å². The fraction of sp³-hybridized carbons (Fsp3) is 0.348. The molecule has 0 aliphatic rings. The number of oxazole rings is 1. The van der Waals surface area contributed by atoms with E-state index in [0.717, 1.165) is 66.3 Å². The number of esters is 1. The van der Waals surface area contributed by atoms with E-state index in [4.69, 9.17) is 14.1 Å². The molecule has 6 nitrogen and oxygen atoms in total. The van der Waals surface area contributed by atoms with E-state index in [1.54, 1.807) is 19.5 Å². The third kappa shape index (κ3) is 5.67. The molecule has 0 saturated carbocycles. The minimum atomic E-state index is -0.149. The molecule has 0 radical (unpaired) electrons. The fourth-order valence-electron chi connectivity index (χ4n) is 3.12. The van der Waals surface area contributed by atoms with Crippen molar-refractivity contribution in [2.75, 3.05) is 14.2 Å². The van der Waals surface area contributed by atoms with Gasteiger partial charge in [-0.25, -0.2) is 4.98 Å². The maximum absolute atomic E-state index is 11.2. The Bertz CT molecular complexity index is 904. The topological polar surface area (TPSA) is 74.5 Å². The second kappa shape index (κ2) is 10.4. The standard InChI is InChI=1S/C23H26N2O4/c1-27-19-11-9-18(10-12-19)23-22(17-13-15-24-16-14-17)25-20(29-23)7-5-3-4-6-8-21(26)28-2/h9-16H,3-8H2,1-2H3. The van der Waals surface area contributed by atoms with Crippen molar-refractivity contribution in [2.24, 2.45) is 0 Å². The molecule has 0 unspecified atom stereocenters. The van der Waals surface area contributed by atoms with Crippen LogP contribution in [0.5, 0.6) is 5.75 Å². The molecule has 0 aliphatic heterocycles. The van der Waals surface area contributed by atoms with Crippen molar-refractivity contribution in [3.63, 3.8) is 0 Å². The van der Waals surface area contributed by atoms with Gasteiger partial charge < -0.3 is 13.9 Å². The first-order valence-corrected chi connectivity index (χ1v) is 9.82. The van der Waals surface area contributed by atoms with E-state index in [0.29, 0.717) is 6.42 Å². The Hall–Kier alpha value is -3.15. The van der Waals surface area contributed by atoms with Gasteiger partial charge in [-0.3, -0.25) is 9.78 Å². The van der Waals surface area contributed by atoms with Crippen molar-refractivity contribution in [3.05, 3.63) is 54.7 Å². The summed E-state index contributed by atoms with van der Waals surface area (Å²) in [5.41, 5.74) is 2.74. The Morgan fingerprint density at radius 2 is 1.66 bits per heavy atom. The summed E-state index contributed by atoms with van der Waals surface area (Å²) in [5, 5.41) is 0. The molecule has 3 aromatic rings. The van der Waals surface area contributed by atoms with Gasteiger partial charge >= 0.3 is 5.97 Å². The molecule has 3 rings (SSSR count). The summed E-state index contributed by atoms with van der Waals surface area (Å²) in [5.74, 6) is 2.12. The lowest BCUT2D eigenvalue weighted by Crippen LogP contribution is -1.99. The molecule has 0 bridgehead atoms. The highest BCUT2D eigenvalue weighted by molar-refractivity contribution is 5.76. The zero-order valence-electron chi connectivity index (χ0n) is 16.9. The Labute approximate surface area is 170 Å². The number of unbranched alkanes of at least 4 members (excludes halogenated alkanes) is 3. The molecule has 0 saturated heterocycles. The van der Waals surface area contributed by atoms with Crippen LogP contribution < -0.4 is 4.74 Å². The first-order valence-electron chi connectivity index (χ1n) is 9.82. The van der Waals surface area contributed by atoms with Crippen molar-refractivity contribution in [3.8, 4) is 28.3 Å². The zero-order valence-corrected chi connectivity index (χ0v) is 16.9. The van der Waals surface area contributed by atoms with Crippen molar-refractivity contribution >= 4 is 5.97 Å². The number of pyridine rings is 1. The number of aromatic nitrogens is 2. The van der Waals surface area contributed by atoms with Gasteiger partial charge in [0.1, 0.15) is 11.4 Å². The van der Waals surface area contributed by atoms with Crippen LogP contribution in [0.15, 0.2) is 53.2 Å². The van der Waals surface area contributed by atoms with Crippen LogP contribution in [-0.4, -0.2) is 30.2 Å². The zero-order chi connectivity index (χ0) is 20.5. The Balaban J connectivity index is 1.70. The molecular weight excluding hydrogens is 368 g/mol. The maximum atomic E-state index is 11.2. The molecule has 152 valence electrons. The minimum Gasteiger partial charge on any atom is -0.497 e. The van der Waals surface area contributed by atoms with Gasteiger partial charge in [0.15, 0.2) is 11.7 Å². The first kappa shape index (κ1) is 20.6. The maximum Gasteiger partial charge on any atom is 0.305 e. The summed E-state index contributed by atoms with van der Waals surface area (Å²) in [6.07, 6.45) is 8.54. The van der Waals surface area contributed by atoms with Crippen LogP contribution in [0.4, 0.5) is 0 Å². The predicted octanol–water partition coefficient (Wildman–Crippen LogP) is 5.08. The smallest absolute Gasteiger partial charge is 0.305 e. The summed E-state index contributed by atoms with van der Waals surface area (Å²) in [4.78, 5) is 20.0. The van der Waals surface area contributed by atoms with E-state index < -0.39 is 0 Å². The molecule has 2 heterocycles. The molecule has 0 aliphatic carbocycles. The number of hydrogen-bond donors (Lipinski definition) is 0. The Morgan fingerprint density at radius 3 is 2.34 bits per heavy atom. The molecule has 6 heteroatoms. The number of aryl methyl sites for hydroxylation is 1. The highest BCUT2D eigenvalue weighted by Gasteiger charge is 2.17. The van der Waals surface area contributed by atoms with E-state index in [-0.39, 0.29) is 5.97 Å². The highest BCUT2D eigenvalue weighted by Crippen LogP contribution is 2.33. The van der Waals surface area contributed by atoms with Crippen molar-refractivity contribution < 1.29 is 18.7 Å². The Morgan fingerprint density at radius 1 is 0.931 bits per heavy atom. The molecule has 0 amide bonds. The first-order chi connectivity index (χ1) is 14.2. The number of ether oxygens (including phenoxy) is 2. The summed E-state index contributed by atoms with van der Waals surface area (Å²) in [6.45, 7) is 0. The van der Waals surface area contributed by atoms with Gasteiger partial charge in [0.2, 0.25) is 0 Å². The second-order valence-corrected chi connectivity index (χ2v) is 6.74. The van der Waals surface area contributed by atoms with Crippen molar-refractivity contribution in [2.45, 2.75) is 38.5 Å². The molecule has 0 spiro atoms. The number of nitrogens with zero attached hydrogens (tertiary/aromatic N) is 2. The van der Waals surface area contributed by atoms with E-state index >= 15 is 0 Å². The lowest BCUT2D eigenvalue weighted by molar-refractivity contribution is -0.140. The summed E-state index contributed by atoms with van der Waals surface area (Å²) in [6, 6.07) is 11.6. The molecular formula is C23H26N2O4. The molecule has 0 fully saturated rings. The molecule has 2 aromatic heterocycles. The third-order valence-corrected chi connectivity index (χ3v) is 4.73. The van der Waals surface area contributed by atoms with Gasteiger partial charge in [0.25, 0.3) is 0 Å². The van der Waals surface area contributed by atoms with Crippen LogP contribution in [0.25, 0.3) is 22.6 Å². The number of methoxy groups -OCH3 is 2. The van der Waals surface area contributed by atoms with Gasteiger partial charge in [0.05, 0.1) is 14.2 Å². The largest absolute Gasteiger partial charge is 0.497 e. The van der Waals surface area contributed by atoms with Gasteiger partial charge in [-0.1, -0.05) is 12.8 Å². The number of carbonyl (C=O) groups is 1. The highest BCUT2D eigenvalue weighted by atomic mass is 16.5. The van der Waals surface area contributed by atoms with Crippen LogP contribution in [0.1, 0.15) is 38.0 Å². The number of hydrogen-bond acceptors (Lipinski definition) is 6. The van der Waals surface area contributed by atoms with Crippen LogP contribution in [-0.2, 0) is 16.0 Å². The average Bonchev–Trinajstić information content (AvgIpc) is 3.20. The predicted molar refractivity (Wildman–Crippen MR) is 111 cm³/mol. The molecule has 29 heavy (non-hydrogen) atoms. The number of benzene rings is 1. The molecule has 1 aromatic carbocycles. The lowest BCUT2D eigenvalue weighted by Gasteiger charge is -2.03. The van der Waals surface area contributed by atoms with Gasteiger partial charge in [0, 0.05) is 36.4 Å². The summed E-state index contributed by atoms with van der Waals surface area (Å²) in [7, 11) is 3.07. The van der Waals surface area contributed by atoms with Crippen LogP contribution in [0.2, 0.25) is 0 Å².